The van der Waals surface area contributed by atoms with Crippen molar-refractivity contribution in [2.75, 3.05) is 46.9 Å². The molecule has 0 atom stereocenters. The Hall–Kier alpha value is -2.34. The van der Waals surface area contributed by atoms with E-state index in [2.05, 4.69) is 5.32 Å². The number of hydrogen-bond acceptors (Lipinski definition) is 4. The maximum Gasteiger partial charge on any atom is 0.246 e. The monoisotopic (exact) mass is 317 g/mol. The number of hydrogen-bond donors (Lipinski definition) is 1. The maximum atomic E-state index is 12.1. The number of carbonyl (C=O) groups is 2. The molecule has 1 aromatic carbocycles. The number of nitrogens with one attached hydrogen (secondary N) is 1. The van der Waals surface area contributed by atoms with E-state index in [-0.39, 0.29) is 18.4 Å². The van der Waals surface area contributed by atoms with Crippen LogP contribution in [-0.2, 0) is 9.59 Å². The standard InChI is InChI=1S/C17H23N3O3/c1-19(13-17(22)20-10-8-18-9-11-20)16(21)7-6-14-4-3-5-15(12-14)23-2/h3-7,12,18H,8-11,13H2,1-2H3/b7-6+. The van der Waals surface area contributed by atoms with Gasteiger partial charge in [0.05, 0.1) is 13.7 Å². The predicted octanol–water partition coefficient (Wildman–Crippen LogP) is 0.599. The first kappa shape index (κ1) is 17.0. The molecule has 1 aliphatic heterocycles. The van der Waals surface area contributed by atoms with Crippen LogP contribution < -0.4 is 10.1 Å². The summed E-state index contributed by atoms with van der Waals surface area (Å²) < 4.78 is 5.14. The second kappa shape index (κ2) is 8.33. The number of piperazine rings is 1. The number of rotatable bonds is 5. The van der Waals surface area contributed by atoms with Gasteiger partial charge in [-0.05, 0) is 23.8 Å². The molecule has 1 N–H and O–H groups in total. The highest BCUT2D eigenvalue weighted by Gasteiger charge is 2.18. The van der Waals surface area contributed by atoms with Crippen LogP contribution in [0.5, 0.6) is 5.75 Å². The third-order valence-electron chi connectivity index (χ3n) is 3.73. The van der Waals surface area contributed by atoms with Gasteiger partial charge in [0.15, 0.2) is 0 Å². The van der Waals surface area contributed by atoms with Crippen LogP contribution in [0, 0.1) is 0 Å². The third kappa shape index (κ3) is 5.10. The lowest BCUT2D eigenvalue weighted by Crippen LogP contribution is -2.49. The first-order valence-corrected chi connectivity index (χ1v) is 7.66. The zero-order chi connectivity index (χ0) is 16.7. The number of likely N-dealkylation sites (N-methyl/N-ethyl adjacent to an activating group) is 1. The average Bonchev–Trinajstić information content (AvgIpc) is 2.60. The van der Waals surface area contributed by atoms with Crippen molar-refractivity contribution in [3.63, 3.8) is 0 Å². The van der Waals surface area contributed by atoms with Crippen LogP contribution in [-0.4, -0.2) is 68.5 Å². The zero-order valence-corrected chi connectivity index (χ0v) is 13.6. The number of amides is 2. The fraction of sp³-hybridized carbons (Fsp3) is 0.412. The minimum Gasteiger partial charge on any atom is -0.497 e. The van der Waals surface area contributed by atoms with E-state index in [9.17, 15) is 9.59 Å². The molecular formula is C17H23N3O3. The number of benzene rings is 1. The topological polar surface area (TPSA) is 61.9 Å². The fourth-order valence-corrected chi connectivity index (χ4v) is 2.33. The molecular weight excluding hydrogens is 294 g/mol. The van der Waals surface area contributed by atoms with Crippen LogP contribution in [0.4, 0.5) is 0 Å². The van der Waals surface area contributed by atoms with Gasteiger partial charge in [-0.15, -0.1) is 0 Å². The van der Waals surface area contributed by atoms with E-state index in [1.165, 1.54) is 11.0 Å². The first-order valence-electron chi connectivity index (χ1n) is 7.66. The molecule has 6 nitrogen and oxygen atoms in total. The van der Waals surface area contributed by atoms with Crippen LogP contribution in [0.15, 0.2) is 30.3 Å². The highest BCUT2D eigenvalue weighted by atomic mass is 16.5. The van der Waals surface area contributed by atoms with Crippen molar-refractivity contribution in [2.45, 2.75) is 0 Å². The van der Waals surface area contributed by atoms with E-state index >= 15 is 0 Å². The Morgan fingerprint density at radius 2 is 2.09 bits per heavy atom. The summed E-state index contributed by atoms with van der Waals surface area (Å²) in [5.74, 6) is 0.523. The minimum atomic E-state index is -0.198. The highest BCUT2D eigenvalue weighted by molar-refractivity contribution is 5.94. The Morgan fingerprint density at radius 1 is 1.35 bits per heavy atom. The molecule has 6 heteroatoms. The SMILES string of the molecule is COc1cccc(/C=C/C(=O)N(C)CC(=O)N2CCNCC2)c1. The molecule has 2 amide bonds. The number of methoxy groups -OCH3 is 1. The Balaban J connectivity index is 1.88. The summed E-state index contributed by atoms with van der Waals surface area (Å²) in [4.78, 5) is 27.5. The van der Waals surface area contributed by atoms with Crippen molar-refractivity contribution in [3.8, 4) is 5.75 Å². The van der Waals surface area contributed by atoms with Gasteiger partial charge in [-0.25, -0.2) is 0 Å². The second-order valence-electron chi connectivity index (χ2n) is 5.44. The lowest BCUT2D eigenvalue weighted by Gasteiger charge is -2.29. The Bertz CT molecular complexity index is 580. The summed E-state index contributed by atoms with van der Waals surface area (Å²) in [6, 6.07) is 7.44. The van der Waals surface area contributed by atoms with Crippen LogP contribution in [0.1, 0.15) is 5.56 Å². The third-order valence-corrected chi connectivity index (χ3v) is 3.73. The van der Waals surface area contributed by atoms with Gasteiger partial charge in [-0.2, -0.15) is 0 Å². The van der Waals surface area contributed by atoms with E-state index in [1.54, 1.807) is 25.1 Å². The van der Waals surface area contributed by atoms with E-state index in [1.807, 2.05) is 24.3 Å². The van der Waals surface area contributed by atoms with Crippen molar-refractivity contribution in [1.29, 1.82) is 0 Å². The first-order chi connectivity index (χ1) is 11.1. The molecule has 1 heterocycles. The maximum absolute atomic E-state index is 12.1. The Labute approximate surface area is 136 Å². The Morgan fingerprint density at radius 3 is 2.78 bits per heavy atom. The molecule has 1 saturated heterocycles. The van der Waals surface area contributed by atoms with E-state index in [0.29, 0.717) is 13.1 Å². The van der Waals surface area contributed by atoms with E-state index in [4.69, 9.17) is 4.74 Å². The molecule has 1 aromatic rings. The summed E-state index contributed by atoms with van der Waals surface area (Å²) in [6.07, 6.45) is 3.19. The molecule has 0 spiro atoms. The lowest BCUT2D eigenvalue weighted by atomic mass is 10.2. The summed E-state index contributed by atoms with van der Waals surface area (Å²) >= 11 is 0. The summed E-state index contributed by atoms with van der Waals surface area (Å²) in [5, 5.41) is 3.20. The minimum absolute atomic E-state index is 0.0165. The molecule has 0 aliphatic carbocycles. The van der Waals surface area contributed by atoms with Crippen molar-refractivity contribution in [2.24, 2.45) is 0 Å². The number of nitrogens with zero attached hydrogens (tertiary/aromatic N) is 2. The predicted molar refractivity (Wildman–Crippen MR) is 89.1 cm³/mol. The van der Waals surface area contributed by atoms with Gasteiger partial charge in [0, 0.05) is 39.3 Å². The molecule has 1 fully saturated rings. The van der Waals surface area contributed by atoms with Crippen LogP contribution >= 0.6 is 0 Å². The van der Waals surface area contributed by atoms with Gasteiger partial charge in [0.2, 0.25) is 11.8 Å². The fourth-order valence-electron chi connectivity index (χ4n) is 2.33. The van der Waals surface area contributed by atoms with Gasteiger partial charge < -0.3 is 19.9 Å². The van der Waals surface area contributed by atoms with Crippen molar-refractivity contribution < 1.29 is 14.3 Å². The number of ether oxygens (including phenoxy) is 1. The van der Waals surface area contributed by atoms with Gasteiger partial charge >= 0.3 is 0 Å². The summed E-state index contributed by atoms with van der Waals surface area (Å²) in [7, 11) is 3.24. The molecule has 0 unspecified atom stereocenters. The molecule has 0 aromatic heterocycles. The van der Waals surface area contributed by atoms with Crippen molar-refractivity contribution >= 4 is 17.9 Å². The van der Waals surface area contributed by atoms with Crippen molar-refractivity contribution in [1.82, 2.24) is 15.1 Å². The van der Waals surface area contributed by atoms with E-state index < -0.39 is 0 Å². The van der Waals surface area contributed by atoms with Gasteiger partial charge in [0.25, 0.3) is 0 Å². The molecule has 0 bridgehead atoms. The second-order valence-corrected chi connectivity index (χ2v) is 5.44. The number of carbonyl (C=O) groups excluding carboxylic acids is 2. The quantitative estimate of drug-likeness (QED) is 0.808. The zero-order valence-electron chi connectivity index (χ0n) is 13.6. The van der Waals surface area contributed by atoms with Gasteiger partial charge in [0.1, 0.15) is 5.75 Å². The molecule has 124 valence electrons. The van der Waals surface area contributed by atoms with Crippen LogP contribution in [0.3, 0.4) is 0 Å². The largest absolute Gasteiger partial charge is 0.497 e. The summed E-state index contributed by atoms with van der Waals surface area (Å²) in [5.41, 5.74) is 0.875. The smallest absolute Gasteiger partial charge is 0.246 e. The Kier molecular flexibility index (Phi) is 6.17. The van der Waals surface area contributed by atoms with Gasteiger partial charge in [-0.1, -0.05) is 12.1 Å². The van der Waals surface area contributed by atoms with E-state index in [0.717, 1.165) is 24.4 Å². The average molecular weight is 317 g/mol. The summed E-state index contributed by atoms with van der Waals surface area (Å²) in [6.45, 7) is 3.10. The van der Waals surface area contributed by atoms with Gasteiger partial charge in [-0.3, -0.25) is 9.59 Å². The molecule has 0 radical (unpaired) electrons. The highest BCUT2D eigenvalue weighted by Crippen LogP contribution is 2.13. The molecule has 1 aliphatic rings. The normalized spacial score (nSPS) is 14.8. The molecule has 0 saturated carbocycles. The molecule has 2 rings (SSSR count). The molecule has 23 heavy (non-hydrogen) atoms. The van der Waals surface area contributed by atoms with Crippen LogP contribution in [0.25, 0.3) is 6.08 Å². The lowest BCUT2D eigenvalue weighted by molar-refractivity contribution is -0.137. The van der Waals surface area contributed by atoms with Crippen LogP contribution in [0.2, 0.25) is 0 Å². The van der Waals surface area contributed by atoms with Crippen molar-refractivity contribution in [3.05, 3.63) is 35.9 Å².